The topological polar surface area (TPSA) is 49.3 Å². The molecule has 0 aliphatic rings. The second-order valence-electron chi connectivity index (χ2n) is 4.29. The first-order chi connectivity index (χ1) is 7.97. The molecule has 0 heterocycles. The maximum atomic E-state index is 11.2. The summed E-state index contributed by atoms with van der Waals surface area (Å²) < 4.78 is 0.603. The fraction of sp³-hybridized carbons (Fsp3) is 0.462. The zero-order valence-electron chi connectivity index (χ0n) is 10.3. The quantitative estimate of drug-likeness (QED) is 0.864. The third-order valence-electron chi connectivity index (χ3n) is 3.11. The van der Waals surface area contributed by atoms with Crippen molar-refractivity contribution in [2.75, 3.05) is 5.32 Å². The van der Waals surface area contributed by atoms with E-state index in [2.05, 4.69) is 42.0 Å². The fourth-order valence-electron chi connectivity index (χ4n) is 1.60. The van der Waals surface area contributed by atoms with Gasteiger partial charge in [0.25, 0.3) is 0 Å². The van der Waals surface area contributed by atoms with Crippen molar-refractivity contribution in [1.29, 1.82) is 0 Å². The number of hydrogen-bond acceptors (Lipinski definition) is 2. The highest BCUT2D eigenvalue weighted by atomic mass is 79.9. The average Bonchev–Trinajstić information content (AvgIpc) is 2.27. The molecule has 17 heavy (non-hydrogen) atoms. The molecular weight excluding hydrogens is 282 g/mol. The Kier molecular flexibility index (Phi) is 5.00. The summed E-state index contributed by atoms with van der Waals surface area (Å²) in [6.07, 6.45) is 1.06. The molecule has 0 aromatic heterocycles. The first kappa shape index (κ1) is 14.0. The van der Waals surface area contributed by atoms with E-state index >= 15 is 0 Å². The van der Waals surface area contributed by atoms with Gasteiger partial charge in [0.1, 0.15) is 0 Å². The summed E-state index contributed by atoms with van der Waals surface area (Å²) >= 11 is 3.27. The lowest BCUT2D eigenvalue weighted by atomic mass is 10.00. The lowest BCUT2D eigenvalue weighted by Gasteiger charge is -2.22. The Morgan fingerprint density at radius 3 is 2.65 bits per heavy atom. The van der Waals surface area contributed by atoms with Gasteiger partial charge in [-0.3, -0.25) is 0 Å². The number of carbonyl (C=O) groups is 1. The second kappa shape index (κ2) is 6.05. The molecule has 0 bridgehead atoms. The van der Waals surface area contributed by atoms with Crippen LogP contribution in [0.3, 0.4) is 0 Å². The van der Waals surface area contributed by atoms with E-state index in [-0.39, 0.29) is 6.04 Å². The van der Waals surface area contributed by atoms with Crippen molar-refractivity contribution in [2.45, 2.75) is 33.2 Å². The van der Waals surface area contributed by atoms with E-state index in [4.69, 9.17) is 0 Å². The second-order valence-corrected chi connectivity index (χ2v) is 5.14. The minimum atomic E-state index is -0.920. The van der Waals surface area contributed by atoms with Crippen molar-refractivity contribution < 1.29 is 9.90 Å². The monoisotopic (exact) mass is 299 g/mol. The van der Waals surface area contributed by atoms with Crippen molar-refractivity contribution >= 4 is 27.6 Å². The molecule has 94 valence electrons. The standard InChI is InChI=1S/C13H18BrNO2/c1-4-8(2)9(3)15-11-7-5-6-10(14)12(11)13(16)17/h5-9,15H,4H2,1-3H3,(H,16,17). The SMILES string of the molecule is CCC(C)C(C)Nc1cccc(Br)c1C(=O)O. The van der Waals surface area contributed by atoms with Gasteiger partial charge in [0.05, 0.1) is 11.3 Å². The normalized spacial score (nSPS) is 14.1. The van der Waals surface area contributed by atoms with Gasteiger partial charge in [-0.1, -0.05) is 26.3 Å². The predicted molar refractivity (Wildman–Crippen MR) is 73.6 cm³/mol. The Balaban J connectivity index is 2.98. The fourth-order valence-corrected chi connectivity index (χ4v) is 2.14. The smallest absolute Gasteiger partial charge is 0.338 e. The van der Waals surface area contributed by atoms with Gasteiger partial charge in [0.15, 0.2) is 0 Å². The van der Waals surface area contributed by atoms with Gasteiger partial charge in [-0.05, 0) is 40.9 Å². The maximum absolute atomic E-state index is 11.2. The number of nitrogens with one attached hydrogen (secondary N) is 1. The summed E-state index contributed by atoms with van der Waals surface area (Å²) in [7, 11) is 0. The van der Waals surface area contributed by atoms with Crippen LogP contribution in [0, 0.1) is 5.92 Å². The van der Waals surface area contributed by atoms with Crippen LogP contribution in [0.15, 0.2) is 22.7 Å². The van der Waals surface area contributed by atoms with Crippen LogP contribution >= 0.6 is 15.9 Å². The average molecular weight is 300 g/mol. The summed E-state index contributed by atoms with van der Waals surface area (Å²) in [6, 6.07) is 5.62. The van der Waals surface area contributed by atoms with E-state index < -0.39 is 5.97 Å². The first-order valence-electron chi connectivity index (χ1n) is 5.75. The summed E-state index contributed by atoms with van der Waals surface area (Å²) in [4.78, 5) is 11.2. The number of aromatic carboxylic acids is 1. The van der Waals surface area contributed by atoms with E-state index in [0.717, 1.165) is 6.42 Å². The van der Waals surface area contributed by atoms with Gasteiger partial charge < -0.3 is 10.4 Å². The van der Waals surface area contributed by atoms with Crippen molar-refractivity contribution in [3.8, 4) is 0 Å². The number of anilines is 1. The van der Waals surface area contributed by atoms with Crippen LogP contribution < -0.4 is 5.32 Å². The molecule has 1 rings (SSSR count). The number of benzene rings is 1. The largest absolute Gasteiger partial charge is 0.478 e. The van der Waals surface area contributed by atoms with E-state index in [1.165, 1.54) is 0 Å². The summed E-state index contributed by atoms with van der Waals surface area (Å²) in [5.74, 6) is -0.424. The lowest BCUT2D eigenvalue weighted by molar-refractivity contribution is 0.0697. The zero-order chi connectivity index (χ0) is 13.0. The lowest BCUT2D eigenvalue weighted by Crippen LogP contribution is -2.24. The molecule has 4 heteroatoms. The van der Waals surface area contributed by atoms with E-state index in [1.54, 1.807) is 12.1 Å². The van der Waals surface area contributed by atoms with Crippen LogP contribution in [0.1, 0.15) is 37.6 Å². The number of hydrogen-bond donors (Lipinski definition) is 2. The van der Waals surface area contributed by atoms with E-state index in [0.29, 0.717) is 21.6 Å². The molecule has 0 spiro atoms. The molecule has 0 amide bonds. The van der Waals surface area contributed by atoms with Gasteiger partial charge in [0, 0.05) is 10.5 Å². The van der Waals surface area contributed by atoms with E-state index in [1.807, 2.05) is 6.07 Å². The third kappa shape index (κ3) is 3.46. The molecule has 2 unspecified atom stereocenters. The predicted octanol–water partition coefficient (Wildman–Crippen LogP) is 3.99. The van der Waals surface area contributed by atoms with Crippen LogP contribution in [-0.2, 0) is 0 Å². The molecular formula is C13H18BrNO2. The molecule has 0 saturated heterocycles. The summed E-state index contributed by atoms with van der Waals surface area (Å²) in [5, 5.41) is 12.5. The Bertz CT molecular complexity index is 406. The minimum Gasteiger partial charge on any atom is -0.478 e. The molecule has 1 aromatic rings. The Hall–Kier alpha value is -1.03. The summed E-state index contributed by atoms with van der Waals surface area (Å²) in [6.45, 7) is 6.35. The van der Waals surface area contributed by atoms with E-state index in [9.17, 15) is 9.90 Å². The number of rotatable bonds is 5. The molecule has 3 nitrogen and oxygen atoms in total. The summed E-state index contributed by atoms with van der Waals surface area (Å²) in [5.41, 5.74) is 0.960. The van der Waals surface area contributed by atoms with Crippen molar-refractivity contribution in [2.24, 2.45) is 5.92 Å². The van der Waals surface area contributed by atoms with Crippen molar-refractivity contribution in [1.82, 2.24) is 0 Å². The molecule has 2 atom stereocenters. The van der Waals surface area contributed by atoms with Crippen LogP contribution in [0.4, 0.5) is 5.69 Å². The molecule has 0 aliphatic carbocycles. The van der Waals surface area contributed by atoms with Gasteiger partial charge in [-0.15, -0.1) is 0 Å². The molecule has 0 radical (unpaired) electrons. The number of halogens is 1. The van der Waals surface area contributed by atoms with Crippen LogP contribution in [0.25, 0.3) is 0 Å². The third-order valence-corrected chi connectivity index (χ3v) is 3.77. The van der Waals surface area contributed by atoms with Crippen molar-refractivity contribution in [3.63, 3.8) is 0 Å². The van der Waals surface area contributed by atoms with Crippen molar-refractivity contribution in [3.05, 3.63) is 28.2 Å². The number of carboxylic acid groups (broad SMARTS) is 1. The molecule has 2 N–H and O–H groups in total. The zero-order valence-corrected chi connectivity index (χ0v) is 11.9. The molecule has 0 fully saturated rings. The van der Waals surface area contributed by atoms with Gasteiger partial charge in [-0.2, -0.15) is 0 Å². The van der Waals surface area contributed by atoms with Gasteiger partial charge >= 0.3 is 5.97 Å². The highest BCUT2D eigenvalue weighted by molar-refractivity contribution is 9.10. The highest BCUT2D eigenvalue weighted by Gasteiger charge is 2.17. The Labute approximate surface area is 110 Å². The van der Waals surface area contributed by atoms with Gasteiger partial charge in [0.2, 0.25) is 0 Å². The minimum absolute atomic E-state index is 0.243. The van der Waals surface area contributed by atoms with Crippen LogP contribution in [-0.4, -0.2) is 17.1 Å². The van der Waals surface area contributed by atoms with Gasteiger partial charge in [-0.25, -0.2) is 4.79 Å². The highest BCUT2D eigenvalue weighted by Crippen LogP contribution is 2.26. The molecule has 0 aliphatic heterocycles. The number of carboxylic acids is 1. The maximum Gasteiger partial charge on any atom is 0.338 e. The van der Waals surface area contributed by atoms with Crippen LogP contribution in [0.2, 0.25) is 0 Å². The molecule has 0 saturated carbocycles. The Morgan fingerprint density at radius 1 is 1.47 bits per heavy atom. The van der Waals surface area contributed by atoms with Crippen LogP contribution in [0.5, 0.6) is 0 Å². The first-order valence-corrected chi connectivity index (χ1v) is 6.55. The Morgan fingerprint density at radius 2 is 2.12 bits per heavy atom. The molecule has 1 aromatic carbocycles.